The minimum Gasteiger partial charge on any atom is -0.350 e. The van der Waals surface area contributed by atoms with Crippen molar-refractivity contribution in [2.45, 2.75) is 45.6 Å². The molecule has 1 aliphatic carbocycles. The zero-order valence-corrected chi connectivity index (χ0v) is 12.2. The number of rotatable bonds is 4. The van der Waals surface area contributed by atoms with Crippen molar-refractivity contribution in [3.8, 4) is 0 Å². The van der Waals surface area contributed by atoms with Crippen LogP contribution < -0.4 is 5.73 Å². The standard InChI is InChI=1S/C14H21N4O2/c1-9(2)8-17(10(3)19)12-6-11(7-12)13-4-5-16-18(13)14(15)20/h4,9,11-12H,6-8H2,1-3H3,(H2,15,20)/t11-,12+. The number of primary amides is 1. The van der Waals surface area contributed by atoms with Gasteiger partial charge in [-0.15, -0.1) is 0 Å². The van der Waals surface area contributed by atoms with Gasteiger partial charge in [-0.3, -0.25) is 4.79 Å². The van der Waals surface area contributed by atoms with E-state index in [2.05, 4.69) is 25.1 Å². The average Bonchev–Trinajstić information content (AvgIpc) is 2.73. The van der Waals surface area contributed by atoms with E-state index in [1.165, 1.54) is 4.68 Å². The van der Waals surface area contributed by atoms with E-state index in [0.29, 0.717) is 5.92 Å². The number of nitrogens with zero attached hydrogens (tertiary/aromatic N) is 3. The van der Waals surface area contributed by atoms with Crippen LogP contribution in [0.5, 0.6) is 0 Å². The minimum absolute atomic E-state index is 0.108. The Labute approximate surface area is 118 Å². The molecule has 1 aliphatic rings. The van der Waals surface area contributed by atoms with Crippen molar-refractivity contribution < 1.29 is 9.59 Å². The Morgan fingerprint density at radius 2 is 2.20 bits per heavy atom. The monoisotopic (exact) mass is 277 g/mol. The first-order valence-corrected chi connectivity index (χ1v) is 6.93. The van der Waals surface area contributed by atoms with E-state index in [-0.39, 0.29) is 17.9 Å². The second-order valence-electron chi connectivity index (χ2n) is 5.84. The SMILES string of the molecule is CC(=O)N(CC(C)C)[C@H]1C[C@@H](c2c[c]nn2C(N)=O)C1. The van der Waals surface area contributed by atoms with Gasteiger partial charge in [0.25, 0.3) is 0 Å². The van der Waals surface area contributed by atoms with E-state index in [4.69, 9.17) is 5.73 Å². The van der Waals surface area contributed by atoms with Gasteiger partial charge in [-0.25, -0.2) is 4.79 Å². The fraction of sp³-hybridized carbons (Fsp3) is 0.643. The van der Waals surface area contributed by atoms with E-state index in [1.807, 2.05) is 4.90 Å². The maximum Gasteiger partial charge on any atom is 0.339 e. The molecule has 0 aromatic carbocycles. The van der Waals surface area contributed by atoms with Gasteiger partial charge in [0.2, 0.25) is 5.91 Å². The molecule has 0 bridgehead atoms. The van der Waals surface area contributed by atoms with Gasteiger partial charge in [0.15, 0.2) is 0 Å². The summed E-state index contributed by atoms with van der Waals surface area (Å²) >= 11 is 0. The molecule has 1 aromatic heterocycles. The number of hydrogen-bond donors (Lipinski definition) is 1. The molecule has 0 aliphatic heterocycles. The van der Waals surface area contributed by atoms with Crippen LogP contribution in [0.2, 0.25) is 0 Å². The van der Waals surface area contributed by atoms with Gasteiger partial charge in [0.05, 0.1) is 5.69 Å². The van der Waals surface area contributed by atoms with Gasteiger partial charge in [0, 0.05) is 25.4 Å². The van der Waals surface area contributed by atoms with Gasteiger partial charge in [0.1, 0.15) is 6.20 Å². The molecule has 0 unspecified atom stereocenters. The fourth-order valence-electron chi connectivity index (χ4n) is 2.75. The summed E-state index contributed by atoms with van der Waals surface area (Å²) in [6, 6.07) is 1.36. The number of aromatic nitrogens is 2. The Kier molecular flexibility index (Phi) is 4.11. The van der Waals surface area contributed by atoms with E-state index < -0.39 is 6.03 Å². The van der Waals surface area contributed by atoms with Crippen molar-refractivity contribution in [1.29, 1.82) is 0 Å². The van der Waals surface area contributed by atoms with Crippen LogP contribution in [-0.2, 0) is 4.79 Å². The number of nitrogens with two attached hydrogens (primary N) is 1. The van der Waals surface area contributed by atoms with E-state index in [9.17, 15) is 9.59 Å². The second kappa shape index (κ2) is 5.64. The molecule has 0 saturated heterocycles. The molecule has 0 spiro atoms. The first kappa shape index (κ1) is 14.6. The van der Waals surface area contributed by atoms with E-state index in [1.54, 1.807) is 13.0 Å². The highest BCUT2D eigenvalue weighted by Gasteiger charge is 2.37. The fourth-order valence-corrected chi connectivity index (χ4v) is 2.75. The first-order valence-electron chi connectivity index (χ1n) is 6.93. The molecule has 1 aromatic rings. The predicted molar refractivity (Wildman–Crippen MR) is 74.0 cm³/mol. The van der Waals surface area contributed by atoms with E-state index in [0.717, 1.165) is 25.1 Å². The van der Waals surface area contributed by atoms with Crippen molar-refractivity contribution in [2.75, 3.05) is 6.54 Å². The van der Waals surface area contributed by atoms with Crippen LogP contribution in [0.3, 0.4) is 0 Å². The van der Waals surface area contributed by atoms with Crippen molar-refractivity contribution in [1.82, 2.24) is 14.7 Å². The third kappa shape index (κ3) is 2.84. The van der Waals surface area contributed by atoms with Gasteiger partial charge in [-0.2, -0.15) is 9.78 Å². The summed E-state index contributed by atoms with van der Waals surface area (Å²) in [6.45, 7) is 6.58. The summed E-state index contributed by atoms with van der Waals surface area (Å²) in [6.07, 6.45) is 4.35. The zero-order valence-electron chi connectivity index (χ0n) is 12.2. The predicted octanol–water partition coefficient (Wildman–Crippen LogP) is 1.36. The number of amides is 2. The highest BCUT2D eigenvalue weighted by molar-refractivity contribution is 5.75. The molecule has 109 valence electrons. The van der Waals surface area contributed by atoms with E-state index >= 15 is 0 Å². The molecule has 2 N–H and O–H groups in total. The molecule has 1 fully saturated rings. The molecule has 0 atom stereocenters. The molecule has 6 heteroatoms. The Bertz CT molecular complexity index is 503. The molecule has 20 heavy (non-hydrogen) atoms. The highest BCUT2D eigenvalue weighted by atomic mass is 16.2. The van der Waals surface area contributed by atoms with Crippen molar-refractivity contribution in [2.24, 2.45) is 11.7 Å². The van der Waals surface area contributed by atoms with Gasteiger partial charge in [-0.05, 0) is 24.8 Å². The maximum absolute atomic E-state index is 11.7. The molecular weight excluding hydrogens is 256 g/mol. The van der Waals surface area contributed by atoms with Crippen LogP contribution >= 0.6 is 0 Å². The van der Waals surface area contributed by atoms with Gasteiger partial charge in [-0.1, -0.05) is 13.8 Å². The second-order valence-corrected chi connectivity index (χ2v) is 5.84. The minimum atomic E-state index is -0.588. The lowest BCUT2D eigenvalue weighted by atomic mass is 9.77. The van der Waals surface area contributed by atoms with Crippen molar-refractivity contribution in [3.63, 3.8) is 0 Å². The Balaban J connectivity index is 2.01. The maximum atomic E-state index is 11.7. The molecule has 6 nitrogen and oxygen atoms in total. The third-order valence-electron chi connectivity index (χ3n) is 3.76. The van der Waals surface area contributed by atoms with Crippen LogP contribution in [0.25, 0.3) is 0 Å². The molecule has 1 saturated carbocycles. The first-order chi connectivity index (χ1) is 9.40. The van der Waals surface area contributed by atoms with Crippen molar-refractivity contribution >= 4 is 11.9 Å². The Morgan fingerprint density at radius 1 is 1.55 bits per heavy atom. The van der Waals surface area contributed by atoms with Gasteiger partial charge >= 0.3 is 6.03 Å². The number of carbonyl (C=O) groups is 2. The quantitative estimate of drug-likeness (QED) is 0.902. The lowest BCUT2D eigenvalue weighted by Gasteiger charge is -2.43. The Morgan fingerprint density at radius 3 is 2.70 bits per heavy atom. The summed E-state index contributed by atoms with van der Waals surface area (Å²) in [4.78, 5) is 24.9. The van der Waals surface area contributed by atoms with Crippen molar-refractivity contribution in [3.05, 3.63) is 18.0 Å². The number of hydrogen-bond acceptors (Lipinski definition) is 3. The van der Waals surface area contributed by atoms with Crippen LogP contribution in [0.4, 0.5) is 4.79 Å². The van der Waals surface area contributed by atoms with Crippen LogP contribution in [0.1, 0.15) is 45.2 Å². The summed E-state index contributed by atoms with van der Waals surface area (Å²) in [5.41, 5.74) is 6.05. The summed E-state index contributed by atoms with van der Waals surface area (Å²) in [7, 11) is 0. The molecule has 2 rings (SSSR count). The van der Waals surface area contributed by atoms with Gasteiger partial charge < -0.3 is 10.6 Å². The number of carbonyl (C=O) groups excluding carboxylic acids is 2. The summed E-state index contributed by atoms with van der Waals surface area (Å²) < 4.78 is 1.20. The van der Waals surface area contributed by atoms with Crippen LogP contribution in [0.15, 0.2) is 6.07 Å². The molecule has 2 amide bonds. The van der Waals surface area contributed by atoms with Crippen LogP contribution in [-0.4, -0.2) is 39.2 Å². The largest absolute Gasteiger partial charge is 0.350 e. The smallest absolute Gasteiger partial charge is 0.339 e. The van der Waals surface area contributed by atoms with Crippen LogP contribution in [0, 0.1) is 12.1 Å². The summed E-state index contributed by atoms with van der Waals surface area (Å²) in [5, 5.41) is 3.81. The summed E-state index contributed by atoms with van der Waals surface area (Å²) in [5.74, 6) is 0.778. The molecule has 1 radical (unpaired) electrons. The molecule has 1 heterocycles. The Hall–Kier alpha value is -1.85. The zero-order chi connectivity index (χ0) is 14.9. The normalized spacial score (nSPS) is 21.6. The highest BCUT2D eigenvalue weighted by Crippen LogP contribution is 2.39. The average molecular weight is 277 g/mol. The third-order valence-corrected chi connectivity index (χ3v) is 3.76. The topological polar surface area (TPSA) is 81.2 Å². The lowest BCUT2D eigenvalue weighted by Crippen LogP contribution is -2.48. The molecular formula is C14H21N4O2. The lowest BCUT2D eigenvalue weighted by molar-refractivity contribution is -0.133.